The molecule has 1 unspecified atom stereocenters. The van der Waals surface area contributed by atoms with Crippen LogP contribution in [0.3, 0.4) is 0 Å². The van der Waals surface area contributed by atoms with Gasteiger partial charge in [-0.3, -0.25) is 0 Å². The Balaban J connectivity index is 2.92. The van der Waals surface area contributed by atoms with Gasteiger partial charge in [-0.2, -0.15) is 0 Å². The van der Waals surface area contributed by atoms with E-state index in [1.54, 1.807) is 0 Å². The summed E-state index contributed by atoms with van der Waals surface area (Å²) in [7, 11) is 0. The molecule has 0 N–H and O–H groups in total. The van der Waals surface area contributed by atoms with Crippen LogP contribution in [0, 0.1) is 6.92 Å². The minimum atomic E-state index is -0.327. The van der Waals surface area contributed by atoms with Gasteiger partial charge < -0.3 is 4.74 Å². The summed E-state index contributed by atoms with van der Waals surface area (Å²) < 4.78 is 6.31. The molecule has 1 aromatic rings. The molecule has 1 heteroatoms. The van der Waals surface area contributed by atoms with Gasteiger partial charge in [-0.25, -0.2) is 0 Å². The van der Waals surface area contributed by atoms with Crippen LogP contribution in [0.15, 0.2) is 42.5 Å². The summed E-state index contributed by atoms with van der Waals surface area (Å²) in [5.41, 5.74) is 3.51. The fourth-order valence-electron chi connectivity index (χ4n) is 2.18. The monoisotopic (exact) mass is 286 g/mol. The van der Waals surface area contributed by atoms with E-state index >= 15 is 0 Å². The van der Waals surface area contributed by atoms with Gasteiger partial charge in [0.2, 0.25) is 0 Å². The molecule has 1 aromatic carbocycles. The van der Waals surface area contributed by atoms with Crippen LogP contribution < -0.4 is 4.74 Å². The highest BCUT2D eigenvalue weighted by Gasteiger charge is 2.22. The van der Waals surface area contributed by atoms with Gasteiger partial charge in [0.25, 0.3) is 0 Å². The number of hydrogen-bond acceptors (Lipinski definition) is 1. The van der Waals surface area contributed by atoms with Crippen molar-refractivity contribution >= 4 is 0 Å². The van der Waals surface area contributed by atoms with Crippen molar-refractivity contribution in [1.82, 2.24) is 0 Å². The molecule has 116 valence electrons. The Morgan fingerprint density at radius 1 is 1.33 bits per heavy atom. The van der Waals surface area contributed by atoms with E-state index < -0.39 is 0 Å². The molecule has 1 nitrogen and oxygen atoms in total. The van der Waals surface area contributed by atoms with Gasteiger partial charge in [0.1, 0.15) is 11.4 Å². The van der Waals surface area contributed by atoms with E-state index in [1.807, 2.05) is 6.08 Å². The van der Waals surface area contributed by atoms with Crippen LogP contribution in [0.4, 0.5) is 0 Å². The fraction of sp³-hybridized carbons (Fsp3) is 0.500. The molecule has 0 aliphatic heterocycles. The van der Waals surface area contributed by atoms with Gasteiger partial charge in [-0.15, -0.1) is 0 Å². The van der Waals surface area contributed by atoms with Gasteiger partial charge >= 0.3 is 0 Å². The van der Waals surface area contributed by atoms with Crippen LogP contribution in [0.2, 0.25) is 0 Å². The Morgan fingerprint density at radius 3 is 2.52 bits per heavy atom. The van der Waals surface area contributed by atoms with Crippen LogP contribution in [-0.2, 0) is 0 Å². The second kappa shape index (κ2) is 7.49. The van der Waals surface area contributed by atoms with Crippen molar-refractivity contribution in [2.45, 2.75) is 65.9 Å². The quantitative estimate of drug-likeness (QED) is 0.543. The lowest BCUT2D eigenvalue weighted by Crippen LogP contribution is -2.29. The van der Waals surface area contributed by atoms with E-state index in [1.165, 1.54) is 16.7 Å². The molecule has 0 radical (unpaired) electrons. The molecular weight excluding hydrogens is 256 g/mol. The molecule has 0 aliphatic rings. The minimum absolute atomic E-state index is 0.327. The summed E-state index contributed by atoms with van der Waals surface area (Å²) in [6.45, 7) is 16.8. The molecule has 0 saturated heterocycles. The molecule has 21 heavy (non-hydrogen) atoms. The van der Waals surface area contributed by atoms with Crippen molar-refractivity contribution < 1.29 is 4.74 Å². The lowest BCUT2D eigenvalue weighted by Gasteiger charge is -2.28. The lowest BCUT2D eigenvalue weighted by atomic mass is 9.98. The van der Waals surface area contributed by atoms with E-state index in [2.05, 4.69) is 72.4 Å². The Hall–Kier alpha value is -1.50. The topological polar surface area (TPSA) is 9.23 Å². The molecule has 0 heterocycles. The average molecular weight is 286 g/mol. The summed E-state index contributed by atoms with van der Waals surface area (Å²) in [6.07, 6.45) is 6.12. The molecule has 0 bridgehead atoms. The summed E-state index contributed by atoms with van der Waals surface area (Å²) in [6, 6.07) is 6.49. The Kier molecular flexibility index (Phi) is 6.26. The summed E-state index contributed by atoms with van der Waals surface area (Å²) in [5, 5.41) is 0. The maximum absolute atomic E-state index is 6.31. The van der Waals surface area contributed by atoms with E-state index in [4.69, 9.17) is 4.74 Å². The number of benzene rings is 1. The van der Waals surface area contributed by atoms with Gasteiger partial charge in [0.15, 0.2) is 0 Å². The van der Waals surface area contributed by atoms with Crippen molar-refractivity contribution in [1.29, 1.82) is 0 Å². The van der Waals surface area contributed by atoms with E-state index in [0.717, 1.165) is 18.6 Å². The maximum atomic E-state index is 6.31. The van der Waals surface area contributed by atoms with E-state index in [0.29, 0.717) is 5.92 Å². The van der Waals surface area contributed by atoms with Gasteiger partial charge in [-0.1, -0.05) is 44.2 Å². The molecule has 1 rings (SSSR count). The molecule has 0 saturated carbocycles. The highest BCUT2D eigenvalue weighted by molar-refractivity contribution is 5.38. The maximum Gasteiger partial charge on any atom is 0.124 e. The minimum Gasteiger partial charge on any atom is -0.483 e. The first-order valence-electron chi connectivity index (χ1n) is 7.84. The Labute approximate surface area is 130 Å². The third-order valence-electron chi connectivity index (χ3n) is 3.85. The van der Waals surface area contributed by atoms with E-state index in [-0.39, 0.29) is 5.60 Å². The van der Waals surface area contributed by atoms with E-state index in [9.17, 15) is 0 Å². The van der Waals surface area contributed by atoms with Gasteiger partial charge in [-0.05, 0) is 69.7 Å². The van der Waals surface area contributed by atoms with Crippen LogP contribution in [-0.4, -0.2) is 5.60 Å². The molecule has 0 amide bonds. The van der Waals surface area contributed by atoms with Crippen molar-refractivity contribution in [2.24, 2.45) is 0 Å². The predicted octanol–water partition coefficient (Wildman–Crippen LogP) is 6.19. The number of ether oxygens (including phenoxy) is 1. The third kappa shape index (κ3) is 5.41. The molecule has 0 fully saturated rings. The van der Waals surface area contributed by atoms with Crippen molar-refractivity contribution in [3.8, 4) is 5.75 Å². The van der Waals surface area contributed by atoms with Crippen molar-refractivity contribution in [3.05, 3.63) is 53.6 Å². The molecule has 0 aromatic heterocycles. The van der Waals surface area contributed by atoms with Crippen LogP contribution >= 0.6 is 0 Å². The number of hydrogen-bond donors (Lipinski definition) is 0. The summed E-state index contributed by atoms with van der Waals surface area (Å²) in [5.74, 6) is 1.48. The van der Waals surface area contributed by atoms with Crippen LogP contribution in [0.25, 0.3) is 0 Å². The fourth-order valence-corrected chi connectivity index (χ4v) is 2.18. The average Bonchev–Trinajstić information content (AvgIpc) is 2.40. The lowest BCUT2D eigenvalue weighted by molar-refractivity contribution is 0.130. The largest absolute Gasteiger partial charge is 0.483 e. The van der Waals surface area contributed by atoms with Crippen molar-refractivity contribution in [3.63, 3.8) is 0 Å². The number of aryl methyl sites for hydroxylation is 1. The predicted molar refractivity (Wildman–Crippen MR) is 93.2 cm³/mol. The standard InChI is InChI=1S/C20H30O/c1-8-20(7,13-9-10-15(2)3)21-19-14-18(16(4)5)12-11-17(19)6/h8,10-12,14,16H,1,9,13H2,2-7H3. The zero-order valence-corrected chi connectivity index (χ0v) is 14.5. The molecule has 0 spiro atoms. The Morgan fingerprint density at radius 2 is 2.00 bits per heavy atom. The van der Waals surface area contributed by atoms with Gasteiger partial charge in [0, 0.05) is 0 Å². The normalized spacial score (nSPS) is 13.7. The number of allylic oxidation sites excluding steroid dienone is 2. The molecular formula is C20H30O. The second-order valence-corrected chi connectivity index (χ2v) is 6.62. The van der Waals surface area contributed by atoms with Crippen molar-refractivity contribution in [2.75, 3.05) is 0 Å². The molecule has 1 atom stereocenters. The highest BCUT2D eigenvalue weighted by Crippen LogP contribution is 2.30. The Bertz CT molecular complexity index is 507. The summed E-state index contributed by atoms with van der Waals surface area (Å²) >= 11 is 0. The highest BCUT2D eigenvalue weighted by atomic mass is 16.5. The second-order valence-electron chi connectivity index (χ2n) is 6.62. The first kappa shape index (κ1) is 17.6. The number of rotatable bonds is 7. The smallest absolute Gasteiger partial charge is 0.124 e. The van der Waals surface area contributed by atoms with Crippen LogP contribution in [0.5, 0.6) is 5.75 Å². The molecule has 0 aliphatic carbocycles. The first-order chi connectivity index (χ1) is 9.77. The SMILES string of the molecule is C=CC(C)(CCC=C(C)C)Oc1cc(C(C)C)ccc1C. The first-order valence-corrected chi connectivity index (χ1v) is 7.84. The van der Waals surface area contributed by atoms with Gasteiger partial charge in [0.05, 0.1) is 0 Å². The zero-order chi connectivity index (χ0) is 16.0. The summed E-state index contributed by atoms with van der Waals surface area (Å²) in [4.78, 5) is 0. The zero-order valence-electron chi connectivity index (χ0n) is 14.5. The third-order valence-corrected chi connectivity index (χ3v) is 3.85. The van der Waals surface area contributed by atoms with Crippen LogP contribution in [0.1, 0.15) is 64.5 Å².